The van der Waals surface area contributed by atoms with Crippen molar-refractivity contribution in [2.24, 2.45) is 5.10 Å². The van der Waals surface area contributed by atoms with Crippen molar-refractivity contribution >= 4 is 17.8 Å². The minimum atomic E-state index is -0.548. The Morgan fingerprint density at radius 1 is 1.30 bits per heavy atom. The highest BCUT2D eigenvalue weighted by Crippen LogP contribution is 2.27. The van der Waals surface area contributed by atoms with Crippen molar-refractivity contribution in [3.8, 4) is 5.75 Å². The van der Waals surface area contributed by atoms with Crippen LogP contribution in [0, 0.1) is 17.0 Å². The van der Waals surface area contributed by atoms with Gasteiger partial charge in [-0.15, -0.1) is 0 Å². The van der Waals surface area contributed by atoms with Gasteiger partial charge in [0.15, 0.2) is 12.4 Å². The van der Waals surface area contributed by atoms with Crippen LogP contribution in [0.3, 0.4) is 0 Å². The third-order valence-electron chi connectivity index (χ3n) is 2.87. The average molecular weight is 313 g/mol. The molecule has 23 heavy (non-hydrogen) atoms. The van der Waals surface area contributed by atoms with Crippen LogP contribution < -0.4 is 10.2 Å². The molecule has 0 aliphatic carbocycles. The van der Waals surface area contributed by atoms with E-state index in [1.807, 2.05) is 30.3 Å². The highest BCUT2D eigenvalue weighted by atomic mass is 16.6. The molecule has 0 fully saturated rings. The van der Waals surface area contributed by atoms with Gasteiger partial charge in [-0.25, -0.2) is 5.43 Å². The van der Waals surface area contributed by atoms with E-state index >= 15 is 0 Å². The zero-order chi connectivity index (χ0) is 16.7. The summed E-state index contributed by atoms with van der Waals surface area (Å²) in [6.45, 7) is 1.37. The fourth-order valence-electron chi connectivity index (χ4n) is 1.79. The molecule has 0 aliphatic heterocycles. The summed E-state index contributed by atoms with van der Waals surface area (Å²) in [7, 11) is 0. The molecule has 118 valence electrons. The van der Waals surface area contributed by atoms with Crippen molar-refractivity contribution in [1.29, 1.82) is 0 Å². The Morgan fingerprint density at radius 3 is 2.74 bits per heavy atom. The summed E-state index contributed by atoms with van der Waals surface area (Å²) >= 11 is 0. The maximum absolute atomic E-state index is 11.6. The first-order chi connectivity index (χ1) is 11.1. The van der Waals surface area contributed by atoms with Crippen LogP contribution in [0.2, 0.25) is 0 Å². The number of hydrazone groups is 1. The fourth-order valence-corrected chi connectivity index (χ4v) is 1.79. The Morgan fingerprint density at radius 2 is 2.04 bits per heavy atom. The highest BCUT2D eigenvalue weighted by Gasteiger charge is 2.16. The van der Waals surface area contributed by atoms with Gasteiger partial charge < -0.3 is 4.74 Å². The van der Waals surface area contributed by atoms with Crippen LogP contribution in [-0.4, -0.2) is 23.7 Å². The number of benzene rings is 2. The molecule has 0 aliphatic rings. The first-order valence-electron chi connectivity index (χ1n) is 6.81. The number of rotatable bonds is 6. The van der Waals surface area contributed by atoms with Crippen LogP contribution in [0.25, 0.3) is 0 Å². The van der Waals surface area contributed by atoms with Crippen LogP contribution in [0.4, 0.5) is 5.69 Å². The number of amides is 1. The van der Waals surface area contributed by atoms with E-state index in [-0.39, 0.29) is 18.0 Å². The van der Waals surface area contributed by atoms with E-state index in [0.717, 1.165) is 11.1 Å². The Balaban J connectivity index is 1.90. The van der Waals surface area contributed by atoms with E-state index in [1.165, 1.54) is 18.3 Å². The second-order valence-electron chi connectivity index (χ2n) is 4.72. The molecule has 7 heteroatoms. The molecule has 2 aromatic carbocycles. The summed E-state index contributed by atoms with van der Waals surface area (Å²) in [5.74, 6) is -0.463. The van der Waals surface area contributed by atoms with Crippen molar-refractivity contribution in [1.82, 2.24) is 5.43 Å². The van der Waals surface area contributed by atoms with Crippen LogP contribution in [0.5, 0.6) is 5.75 Å². The Bertz CT molecular complexity index is 729. The van der Waals surface area contributed by atoms with Gasteiger partial charge in [-0.05, 0) is 24.1 Å². The summed E-state index contributed by atoms with van der Waals surface area (Å²) in [5.41, 5.74) is 3.69. The van der Waals surface area contributed by atoms with Crippen LogP contribution >= 0.6 is 0 Å². The topological polar surface area (TPSA) is 93.8 Å². The molecule has 0 aromatic heterocycles. The van der Waals surface area contributed by atoms with Crippen LogP contribution in [0.15, 0.2) is 53.6 Å². The first-order valence-corrected chi connectivity index (χ1v) is 6.81. The molecule has 2 aromatic rings. The van der Waals surface area contributed by atoms with Crippen molar-refractivity contribution in [2.45, 2.75) is 6.92 Å². The molecule has 0 atom stereocenters. The predicted molar refractivity (Wildman–Crippen MR) is 85.5 cm³/mol. The number of nitro groups is 1. The standard InChI is InChI=1S/C16H15N3O4/c1-12-7-8-15(14(9-12)19(21)22)23-11-16(20)18-17-10-13-5-3-2-4-6-13/h2-10H,11H2,1H3,(H,18,20). The average Bonchev–Trinajstić information content (AvgIpc) is 2.54. The predicted octanol–water partition coefficient (Wildman–Crippen LogP) is 2.43. The summed E-state index contributed by atoms with van der Waals surface area (Å²) in [6.07, 6.45) is 1.49. The molecule has 0 saturated carbocycles. The van der Waals surface area contributed by atoms with Gasteiger partial charge in [0.25, 0.3) is 5.91 Å². The molecule has 1 amide bonds. The molecular formula is C16H15N3O4. The van der Waals surface area contributed by atoms with Gasteiger partial charge in [0, 0.05) is 6.07 Å². The minimum absolute atomic E-state index is 0.0442. The van der Waals surface area contributed by atoms with E-state index in [1.54, 1.807) is 13.0 Å². The molecule has 2 rings (SSSR count). The van der Waals surface area contributed by atoms with Gasteiger partial charge in [-0.1, -0.05) is 36.4 Å². The van der Waals surface area contributed by atoms with E-state index in [4.69, 9.17) is 4.74 Å². The zero-order valence-electron chi connectivity index (χ0n) is 12.4. The summed E-state index contributed by atoms with van der Waals surface area (Å²) in [5, 5.41) is 14.7. The number of nitrogens with zero attached hydrogens (tertiary/aromatic N) is 2. The molecule has 0 bridgehead atoms. The van der Waals surface area contributed by atoms with Gasteiger partial charge in [-0.2, -0.15) is 5.10 Å². The quantitative estimate of drug-likeness (QED) is 0.503. The number of hydrogen-bond acceptors (Lipinski definition) is 5. The van der Waals surface area contributed by atoms with Crippen LogP contribution in [0.1, 0.15) is 11.1 Å². The zero-order valence-corrected chi connectivity index (χ0v) is 12.4. The van der Waals surface area contributed by atoms with Gasteiger partial charge in [-0.3, -0.25) is 14.9 Å². The Hall–Kier alpha value is -3.22. The van der Waals surface area contributed by atoms with Crippen molar-refractivity contribution in [2.75, 3.05) is 6.61 Å². The summed E-state index contributed by atoms with van der Waals surface area (Å²) < 4.78 is 5.19. The maximum Gasteiger partial charge on any atom is 0.311 e. The molecule has 0 spiro atoms. The van der Waals surface area contributed by atoms with Gasteiger partial charge in [0.05, 0.1) is 11.1 Å². The van der Waals surface area contributed by atoms with Gasteiger partial charge in [0.1, 0.15) is 0 Å². The van der Waals surface area contributed by atoms with E-state index < -0.39 is 10.8 Å². The summed E-state index contributed by atoms with van der Waals surface area (Å²) in [4.78, 5) is 22.0. The monoisotopic (exact) mass is 313 g/mol. The number of nitro benzene ring substituents is 1. The number of carbonyl (C=O) groups excluding carboxylic acids is 1. The van der Waals surface area contributed by atoms with E-state index in [2.05, 4.69) is 10.5 Å². The second-order valence-corrected chi connectivity index (χ2v) is 4.72. The molecule has 0 saturated heterocycles. The SMILES string of the molecule is Cc1ccc(OCC(=O)NN=Cc2ccccc2)c([N+](=O)[O-])c1. The number of carbonyl (C=O) groups is 1. The van der Waals surface area contributed by atoms with Crippen molar-refractivity contribution in [3.63, 3.8) is 0 Å². The largest absolute Gasteiger partial charge is 0.477 e. The molecule has 0 radical (unpaired) electrons. The molecule has 7 nitrogen and oxygen atoms in total. The smallest absolute Gasteiger partial charge is 0.311 e. The molecule has 1 N–H and O–H groups in total. The number of hydrogen-bond donors (Lipinski definition) is 1. The van der Waals surface area contributed by atoms with Gasteiger partial charge in [0.2, 0.25) is 0 Å². The van der Waals surface area contributed by atoms with Crippen LogP contribution in [-0.2, 0) is 4.79 Å². The van der Waals surface area contributed by atoms with Crippen molar-refractivity contribution < 1.29 is 14.5 Å². The lowest BCUT2D eigenvalue weighted by Gasteiger charge is -2.06. The third kappa shape index (κ3) is 4.92. The maximum atomic E-state index is 11.6. The molecular weight excluding hydrogens is 298 g/mol. The number of nitrogens with one attached hydrogen (secondary N) is 1. The lowest BCUT2D eigenvalue weighted by molar-refractivity contribution is -0.385. The molecule has 0 unspecified atom stereocenters. The summed E-state index contributed by atoms with van der Waals surface area (Å²) in [6, 6.07) is 13.8. The molecule has 0 heterocycles. The van der Waals surface area contributed by atoms with E-state index in [0.29, 0.717) is 0 Å². The first kappa shape index (κ1) is 16.2. The lowest BCUT2D eigenvalue weighted by atomic mass is 10.2. The second kappa shape index (κ2) is 7.69. The third-order valence-corrected chi connectivity index (χ3v) is 2.87. The number of aryl methyl sites for hydroxylation is 1. The normalized spacial score (nSPS) is 10.5. The van der Waals surface area contributed by atoms with E-state index in [9.17, 15) is 14.9 Å². The fraction of sp³-hybridized carbons (Fsp3) is 0.125. The Labute approximate surface area is 132 Å². The number of ether oxygens (including phenoxy) is 1. The highest BCUT2D eigenvalue weighted by molar-refractivity contribution is 5.82. The minimum Gasteiger partial charge on any atom is -0.477 e. The van der Waals surface area contributed by atoms with Gasteiger partial charge >= 0.3 is 5.69 Å². The lowest BCUT2D eigenvalue weighted by Crippen LogP contribution is -2.24. The van der Waals surface area contributed by atoms with Crippen molar-refractivity contribution in [3.05, 3.63) is 69.8 Å². The Kier molecular flexibility index (Phi) is 5.40.